The third kappa shape index (κ3) is 31.3. The lowest BCUT2D eigenvalue weighted by Crippen LogP contribution is -2.36. The van der Waals surface area contributed by atoms with Gasteiger partial charge in [0.15, 0.2) is 30.1 Å². The Hall–Kier alpha value is -13.8. The van der Waals surface area contributed by atoms with E-state index in [-0.39, 0.29) is 217 Å². The molecule has 141 heavy (non-hydrogen) atoms. The number of rotatable bonds is 34. The molecule has 6 aromatic carbocycles. The number of benzene rings is 6. The molecule has 0 fully saturated rings. The number of Topliss-reactive ketones (excluding diaryl/α,β-unsaturated/α-hetero) is 8. The number of oxazole rings is 2. The van der Waals surface area contributed by atoms with E-state index in [0.29, 0.717) is 112 Å². The fraction of sp³-hybridized carbons (Fsp3) is 0.385. The summed E-state index contributed by atoms with van der Waals surface area (Å²) in [5.41, 5.74) is 7.56. The first kappa shape index (κ1) is 111. The van der Waals surface area contributed by atoms with Crippen molar-refractivity contribution in [2.45, 2.75) is 225 Å². The van der Waals surface area contributed by atoms with Crippen LogP contribution in [-0.2, 0) is 88.3 Å². The average Bonchev–Trinajstić information content (AvgIpc) is 1.61. The van der Waals surface area contributed by atoms with Crippen molar-refractivity contribution in [3.63, 3.8) is 0 Å². The van der Waals surface area contributed by atoms with Gasteiger partial charge in [-0.05, 0) is 180 Å². The number of aromatic nitrogens is 2. The second-order valence-corrected chi connectivity index (χ2v) is 37.5. The zero-order valence-corrected chi connectivity index (χ0v) is 79.4. The number of carbonyl (C=O) groups is 13. The van der Waals surface area contributed by atoms with Crippen molar-refractivity contribution in [1.29, 1.82) is 10.5 Å². The van der Waals surface area contributed by atoms with E-state index in [0.717, 1.165) is 23.1 Å². The minimum Gasteiger partial charge on any atom is -0.535 e. The number of ketones is 9. The molecule has 0 amide bonds. The van der Waals surface area contributed by atoms with Crippen LogP contribution in [0.5, 0.6) is 34.5 Å². The van der Waals surface area contributed by atoms with Gasteiger partial charge in [0.05, 0.1) is 34.7 Å². The van der Waals surface area contributed by atoms with Crippen LogP contribution in [0.15, 0.2) is 119 Å². The molecule has 6 aliphatic heterocycles. The molecule has 0 aliphatic carbocycles. The van der Waals surface area contributed by atoms with Crippen LogP contribution in [0.4, 0.5) is 4.39 Å². The highest BCUT2D eigenvalue weighted by Crippen LogP contribution is 2.45. The Bertz CT molecular complexity index is 6240. The minimum absolute atomic E-state index is 0.0137. The Balaban J connectivity index is 0.000000189. The first-order chi connectivity index (χ1) is 66.7. The number of fused-ring (bicyclic) bond motifs is 6. The normalized spacial score (nSPS) is 16.5. The summed E-state index contributed by atoms with van der Waals surface area (Å²) in [7, 11) is -10.4. The number of sulfone groups is 1. The van der Waals surface area contributed by atoms with Crippen LogP contribution >= 0.6 is 0 Å². The van der Waals surface area contributed by atoms with Crippen molar-refractivity contribution in [1.82, 2.24) is 9.97 Å². The van der Waals surface area contributed by atoms with Gasteiger partial charge in [0, 0.05) is 137 Å². The van der Waals surface area contributed by atoms with Crippen LogP contribution in [0.25, 0.3) is 6.08 Å². The number of hydrogen-bond donors (Lipinski definition) is 10. The molecular formula is C96H105B6FN4O33S. The number of hydrogen-bond acceptors (Lipinski definition) is 33. The summed E-state index contributed by atoms with van der Waals surface area (Å²) in [5.74, 6) is -7.67. The Morgan fingerprint density at radius 1 is 0.433 bits per heavy atom. The second kappa shape index (κ2) is 51.4. The number of aromatic carboxylic acids is 4. The van der Waals surface area contributed by atoms with Crippen LogP contribution in [0.2, 0.25) is 34.9 Å². The molecule has 6 atom stereocenters. The maximum Gasteiger partial charge on any atom is 0.526 e. The molecule has 0 saturated heterocycles. The van der Waals surface area contributed by atoms with Crippen molar-refractivity contribution in [2.75, 3.05) is 12.0 Å². The Morgan fingerprint density at radius 2 is 0.773 bits per heavy atom. The molecule has 738 valence electrons. The zero-order valence-electron chi connectivity index (χ0n) is 78.6. The summed E-state index contributed by atoms with van der Waals surface area (Å²) in [4.78, 5) is 159. The van der Waals surface area contributed by atoms with Crippen molar-refractivity contribution in [3.05, 3.63) is 216 Å². The molecule has 0 spiro atoms. The average molecular weight is 1960 g/mol. The van der Waals surface area contributed by atoms with Gasteiger partial charge in [-0.3, -0.25) is 38.4 Å². The molecule has 2 aromatic heterocycles. The Labute approximate surface area is 813 Å². The molecule has 0 unspecified atom stereocenters. The predicted molar refractivity (Wildman–Crippen MR) is 508 cm³/mol. The number of carbonyl (C=O) groups excluding carboxylic acids is 9. The lowest BCUT2D eigenvalue weighted by molar-refractivity contribution is -0.123. The minimum atomic E-state index is -3.10. The molecule has 10 N–H and O–H groups in total. The SMILES string of the molecule is CC(=O)CCC(=O)C[C@H]1Cc2ccc(C)c(C(=O)O)c2OB1O.CC(=O)c1cccc2c1OB(O)[C@@H](CC(=O)/C=C/c1cocn1)C2.CC(=O)c1cccc2c1OB(O)[C@@H](CC(=O)CCc1cocn1)C2.Cc1c(F)cc2c(c1C(=O)O)OB(O)[C@@H](CC(=O)CCC#N)C2.Cc1ccc2c(c1C(=O)O)OB(O)[C@@H](CC(=O)CCC#N)C2.Cc1ccc2c(c1C(=O)O)OB(O)[C@@H](CC(=O)CCCS(C)(=O)=O)C2. The number of carboxylic acids is 4. The lowest BCUT2D eigenvalue weighted by Gasteiger charge is -2.28. The number of nitriles is 2. The molecule has 6 aliphatic rings. The van der Waals surface area contributed by atoms with Gasteiger partial charge in [-0.2, -0.15) is 10.5 Å². The second-order valence-electron chi connectivity index (χ2n) is 35.2. The zero-order chi connectivity index (χ0) is 104. The smallest absolute Gasteiger partial charge is 0.526 e. The van der Waals surface area contributed by atoms with E-state index >= 15 is 0 Å². The first-order valence-electron chi connectivity index (χ1n) is 45.2. The number of halogens is 1. The fourth-order valence-corrected chi connectivity index (χ4v) is 17.5. The van der Waals surface area contributed by atoms with E-state index < -0.39 is 106 Å². The predicted octanol–water partition coefficient (Wildman–Crippen LogP) is 11.3. The summed E-state index contributed by atoms with van der Waals surface area (Å²) in [6.45, 7) is 10.6. The number of allylic oxidation sites excluding steroid dienone is 1. The molecule has 45 heteroatoms. The molecule has 0 bridgehead atoms. The highest BCUT2D eigenvalue weighted by atomic mass is 32.2. The van der Waals surface area contributed by atoms with Crippen molar-refractivity contribution < 1.29 is 162 Å². The lowest BCUT2D eigenvalue weighted by atomic mass is 9.64. The largest absolute Gasteiger partial charge is 0.535 e. The molecule has 0 saturated carbocycles. The summed E-state index contributed by atoms with van der Waals surface area (Å²) in [6, 6.07) is 25.9. The third-order valence-corrected chi connectivity index (χ3v) is 25.2. The van der Waals surface area contributed by atoms with Crippen LogP contribution < -0.4 is 27.9 Å². The standard InChI is InChI=1S/C17H18BNO5.C17H16BNO5.C16H21BO7S.C16H19BO6.C15H15BFNO5.C15H16BNO5/c2*1-11(20)16-4-2-3-12-7-13(18(22)24-17(12)16)8-15(21)6-5-14-9-23-10-19-14;1-10-5-6-11-8-12(9-13(18)4-3-7-25(2,22)23)17(21)24-15(11)14(10)16(19)20;1-9-3-5-11-7-12(8-13(19)6-4-10(2)18)17(22)23-15(11)14(9)16(20)21;1-8-12(17)6-9-5-10(7-11(19)3-2-4-18)16(22)23-14(9)13(8)15(20)21;1-9-4-5-10-7-11(8-12(18)3-2-6-17)16(21)22-14(10)13(9)15(19)20/h2-4,9-10,13,22H,5-8H2,1H3;2-6,9-10,13,22H,7-8H2,1H3;5-6,12,21H,3-4,7-9H2,1-2H3,(H,19,20);3,5,12,22H,4,6-8H2,1-2H3,(H,20,21);6,10,22H,2-3,5,7H2,1H3,(H,20,21);4-5,11,21H,2-3,7-8H2,1H3,(H,19,20)/b;6-5+;;;;/t2*13-;2*12-;10-;11-/m111111/s1. The number of para-hydroxylation sites is 2. The topological polar surface area (TPSA) is 613 Å². The van der Waals surface area contributed by atoms with Crippen LogP contribution in [0.3, 0.4) is 0 Å². The fourth-order valence-electron chi connectivity index (χ4n) is 16.8. The van der Waals surface area contributed by atoms with E-state index in [9.17, 15) is 126 Å². The van der Waals surface area contributed by atoms with Gasteiger partial charge in [0.25, 0.3) is 0 Å². The van der Waals surface area contributed by atoms with Crippen LogP contribution in [0.1, 0.15) is 246 Å². The number of aryl methyl sites for hydroxylation is 4. The summed E-state index contributed by atoms with van der Waals surface area (Å²) in [5, 5.41) is 115. The summed E-state index contributed by atoms with van der Waals surface area (Å²) in [6.07, 6.45) is 14.5. The molecular weight excluding hydrogens is 1850 g/mol. The van der Waals surface area contributed by atoms with Crippen molar-refractivity contribution in [2.24, 2.45) is 0 Å². The van der Waals surface area contributed by atoms with Gasteiger partial charge in [-0.25, -0.2) is 42.0 Å². The van der Waals surface area contributed by atoms with Gasteiger partial charge in [-0.1, -0.05) is 60.7 Å². The Kier molecular flexibility index (Phi) is 40.4. The van der Waals surface area contributed by atoms with E-state index in [4.69, 9.17) is 47.3 Å². The van der Waals surface area contributed by atoms with Crippen LogP contribution in [-0.4, -0.2) is 200 Å². The summed E-state index contributed by atoms with van der Waals surface area (Å²) >= 11 is 0. The third-order valence-electron chi connectivity index (χ3n) is 24.2. The highest BCUT2D eigenvalue weighted by Gasteiger charge is 2.45. The monoisotopic (exact) mass is 1960 g/mol. The molecule has 8 aromatic rings. The summed E-state index contributed by atoms with van der Waals surface area (Å²) < 4.78 is 78.3. The molecule has 8 heterocycles. The van der Waals surface area contributed by atoms with E-state index in [1.807, 2.05) is 24.3 Å². The molecule has 14 rings (SSSR count). The highest BCUT2D eigenvalue weighted by molar-refractivity contribution is 7.90. The van der Waals surface area contributed by atoms with Gasteiger partial charge in [-0.15, -0.1) is 0 Å². The van der Waals surface area contributed by atoms with E-state index in [1.165, 1.54) is 65.2 Å². The van der Waals surface area contributed by atoms with Crippen LogP contribution in [0, 0.1) is 56.2 Å². The first-order valence-corrected chi connectivity index (χ1v) is 47.2. The molecule has 37 nitrogen and oxygen atoms in total. The maximum absolute atomic E-state index is 13.9. The van der Waals surface area contributed by atoms with Crippen molar-refractivity contribution >= 4 is 135 Å². The van der Waals surface area contributed by atoms with Gasteiger partial charge in [0.1, 0.15) is 125 Å². The quantitative estimate of drug-likeness (QED) is 0.0102. The maximum atomic E-state index is 13.9. The Morgan fingerprint density at radius 3 is 1.12 bits per heavy atom. The number of nitrogens with zero attached hydrogens (tertiary/aromatic N) is 4. The van der Waals surface area contributed by atoms with Gasteiger partial charge >= 0.3 is 66.6 Å². The number of carboxylic acid groups (broad SMARTS) is 4. The van der Waals surface area contributed by atoms with E-state index in [2.05, 4.69) is 9.97 Å². The van der Waals surface area contributed by atoms with E-state index in [1.54, 1.807) is 87.5 Å². The van der Waals surface area contributed by atoms with Gasteiger partial charge in [0.2, 0.25) is 0 Å². The molecule has 0 radical (unpaired) electrons. The van der Waals surface area contributed by atoms with Gasteiger partial charge < -0.3 is 92.1 Å². The van der Waals surface area contributed by atoms with Crippen molar-refractivity contribution in [3.8, 4) is 46.6 Å².